The Kier molecular flexibility index (Phi) is 2.86. The molecule has 106 valence electrons. The number of hydrogen-bond acceptors (Lipinski definition) is 3. The lowest BCUT2D eigenvalue weighted by Crippen LogP contribution is -2.48. The van der Waals surface area contributed by atoms with Crippen molar-refractivity contribution in [3.63, 3.8) is 0 Å². The first kappa shape index (κ1) is 12.2. The SMILES string of the molecule is [2H]N1CC[C@]2(C[C@@H]1C)OCCc1cc(C(F)(F)F)sc12. The van der Waals surface area contributed by atoms with Gasteiger partial charge in [-0.25, -0.2) is 0 Å². The summed E-state index contributed by atoms with van der Waals surface area (Å²) in [7, 11) is 0. The molecule has 1 spiro atoms. The Balaban J connectivity index is 1.99. The van der Waals surface area contributed by atoms with Gasteiger partial charge in [0.2, 0.25) is 0 Å². The molecule has 0 unspecified atom stereocenters. The van der Waals surface area contributed by atoms with Crippen LogP contribution in [0.25, 0.3) is 0 Å². The molecule has 2 atom stereocenters. The number of nitrogens with one attached hydrogen (secondary N) is 1. The first-order chi connectivity index (χ1) is 9.32. The van der Waals surface area contributed by atoms with Gasteiger partial charge in [0.05, 0.1) is 6.61 Å². The summed E-state index contributed by atoms with van der Waals surface area (Å²) in [6, 6.07) is 1.27. The number of piperidine rings is 1. The van der Waals surface area contributed by atoms with Crippen LogP contribution in [0.4, 0.5) is 13.2 Å². The molecule has 0 radical (unpaired) electrons. The molecule has 2 aliphatic heterocycles. The minimum absolute atomic E-state index is 0.00821. The number of rotatable bonds is 0. The summed E-state index contributed by atoms with van der Waals surface area (Å²) in [5.41, 5.74) is 0.165. The summed E-state index contributed by atoms with van der Waals surface area (Å²) >= 11 is 0.821. The first-order valence-electron chi connectivity index (χ1n) is 6.86. The van der Waals surface area contributed by atoms with Crippen molar-refractivity contribution in [2.75, 3.05) is 13.2 Å². The van der Waals surface area contributed by atoms with Crippen LogP contribution in [0.2, 0.25) is 1.41 Å². The maximum absolute atomic E-state index is 12.9. The molecular weight excluding hydrogens is 275 g/mol. The van der Waals surface area contributed by atoms with E-state index in [2.05, 4.69) is 0 Å². The van der Waals surface area contributed by atoms with E-state index in [1.54, 1.807) is 0 Å². The molecular formula is C13H16F3NOS. The Morgan fingerprint density at radius 3 is 3.05 bits per heavy atom. The van der Waals surface area contributed by atoms with Crippen LogP contribution >= 0.6 is 11.3 Å². The quantitative estimate of drug-likeness (QED) is 0.792. The Hall–Kier alpha value is -0.590. The highest BCUT2D eigenvalue weighted by Crippen LogP contribution is 2.48. The highest BCUT2D eigenvalue weighted by molar-refractivity contribution is 7.12. The maximum Gasteiger partial charge on any atom is 0.425 e. The zero-order chi connectivity index (χ0) is 14.5. The summed E-state index contributed by atoms with van der Waals surface area (Å²) in [6.07, 6.45) is -2.57. The molecule has 0 aliphatic carbocycles. The molecule has 19 heavy (non-hydrogen) atoms. The van der Waals surface area contributed by atoms with Crippen LogP contribution in [-0.4, -0.2) is 19.2 Å². The second-order valence-corrected chi connectivity index (χ2v) is 6.32. The predicted octanol–water partition coefficient (Wildman–Crippen LogP) is 3.31. The van der Waals surface area contributed by atoms with E-state index in [0.717, 1.165) is 21.8 Å². The number of hydrogen-bond donors (Lipinski definition) is 1. The van der Waals surface area contributed by atoms with E-state index in [1.807, 2.05) is 6.92 Å². The molecule has 1 aromatic heterocycles. The number of alkyl halides is 3. The number of thiophene rings is 1. The van der Waals surface area contributed by atoms with Crippen molar-refractivity contribution in [2.24, 2.45) is 0 Å². The van der Waals surface area contributed by atoms with Crippen molar-refractivity contribution in [3.8, 4) is 0 Å². The smallest absolute Gasteiger partial charge is 0.369 e. The topological polar surface area (TPSA) is 21.3 Å². The van der Waals surface area contributed by atoms with Gasteiger partial charge in [0.25, 0.3) is 0 Å². The van der Waals surface area contributed by atoms with Crippen LogP contribution in [-0.2, 0) is 22.9 Å². The first-order valence-corrected chi connectivity index (χ1v) is 7.23. The van der Waals surface area contributed by atoms with Crippen molar-refractivity contribution in [3.05, 3.63) is 21.4 Å². The monoisotopic (exact) mass is 292 g/mol. The van der Waals surface area contributed by atoms with Gasteiger partial charge in [-0.15, -0.1) is 11.3 Å². The van der Waals surface area contributed by atoms with Gasteiger partial charge in [-0.2, -0.15) is 13.2 Å². The van der Waals surface area contributed by atoms with Crippen LogP contribution in [0.15, 0.2) is 6.07 Å². The van der Waals surface area contributed by atoms with Gasteiger partial charge in [0.1, 0.15) is 11.9 Å². The van der Waals surface area contributed by atoms with Crippen molar-refractivity contribution >= 4 is 11.3 Å². The fourth-order valence-corrected chi connectivity index (χ4v) is 4.27. The third-order valence-corrected chi connectivity index (χ3v) is 5.24. The molecule has 2 nitrogen and oxygen atoms in total. The standard InChI is InChI=1S/C13H16F3NOS/c1-8-7-12(3-4-17-8)11-9(2-5-18-12)6-10(19-11)13(14,15)16/h6,8,17H,2-5,7H2,1H3/t8-,12+/m0/s1/i/hD. The van der Waals surface area contributed by atoms with E-state index in [-0.39, 0.29) is 6.04 Å². The van der Waals surface area contributed by atoms with Gasteiger partial charge >= 0.3 is 6.18 Å². The minimum Gasteiger partial charge on any atom is -0.369 e. The zero-order valence-electron chi connectivity index (χ0n) is 11.6. The summed E-state index contributed by atoms with van der Waals surface area (Å²) < 4.78 is 52.4. The molecule has 0 saturated carbocycles. The molecule has 1 saturated heterocycles. The molecule has 0 bridgehead atoms. The zero-order valence-corrected chi connectivity index (χ0v) is 11.4. The highest BCUT2D eigenvalue weighted by Gasteiger charge is 2.45. The van der Waals surface area contributed by atoms with E-state index in [0.29, 0.717) is 32.4 Å². The average molecular weight is 292 g/mol. The van der Waals surface area contributed by atoms with Crippen molar-refractivity contribution < 1.29 is 19.3 Å². The molecule has 0 amide bonds. The molecule has 6 heteroatoms. The molecule has 1 fully saturated rings. The lowest BCUT2D eigenvalue weighted by Gasteiger charge is -2.42. The molecule has 1 N–H and O–H groups in total. The minimum atomic E-state index is -4.29. The van der Waals surface area contributed by atoms with Crippen LogP contribution in [0.1, 0.15) is 35.1 Å². The average Bonchev–Trinajstić information content (AvgIpc) is 2.80. The van der Waals surface area contributed by atoms with Gasteiger partial charge in [-0.1, -0.05) is 0 Å². The Morgan fingerprint density at radius 1 is 1.58 bits per heavy atom. The molecule has 2 aliphatic rings. The molecule has 3 heterocycles. The van der Waals surface area contributed by atoms with Crippen LogP contribution in [0.3, 0.4) is 0 Å². The second-order valence-electron chi connectivity index (χ2n) is 5.26. The normalized spacial score (nSPS) is 33.3. The second kappa shape index (κ2) is 4.46. The summed E-state index contributed by atoms with van der Waals surface area (Å²) in [5.74, 6) is 0. The van der Waals surface area contributed by atoms with E-state index in [9.17, 15) is 13.2 Å². The van der Waals surface area contributed by atoms with Crippen LogP contribution in [0.5, 0.6) is 0 Å². The highest BCUT2D eigenvalue weighted by atomic mass is 32.1. The number of ether oxygens (including phenoxy) is 1. The van der Waals surface area contributed by atoms with Gasteiger partial charge < -0.3 is 10.0 Å². The van der Waals surface area contributed by atoms with Crippen LogP contribution < -0.4 is 5.31 Å². The Bertz CT molecular complexity index is 518. The summed E-state index contributed by atoms with van der Waals surface area (Å²) in [5, 5.41) is 1.49. The van der Waals surface area contributed by atoms with Crippen LogP contribution in [0, 0.1) is 0 Å². The lowest BCUT2D eigenvalue weighted by atomic mass is 9.83. The van der Waals surface area contributed by atoms with Crippen molar-refractivity contribution in [1.82, 2.24) is 5.31 Å². The lowest BCUT2D eigenvalue weighted by molar-refractivity contribution is -0.134. The third kappa shape index (κ3) is 2.30. The van der Waals surface area contributed by atoms with Gasteiger partial charge in [-0.05, 0) is 44.4 Å². The summed E-state index contributed by atoms with van der Waals surface area (Å²) in [4.78, 5) is 0.198. The fourth-order valence-electron chi connectivity index (χ4n) is 3.01. The number of fused-ring (bicyclic) bond motifs is 2. The molecule has 3 rings (SSSR count). The summed E-state index contributed by atoms with van der Waals surface area (Å²) in [6.45, 7) is 2.91. The Morgan fingerprint density at radius 2 is 2.37 bits per heavy atom. The van der Waals surface area contributed by atoms with Crippen molar-refractivity contribution in [2.45, 2.75) is 44.0 Å². The molecule has 1 aromatic rings. The number of halogens is 3. The van der Waals surface area contributed by atoms with Gasteiger partial charge in [0.15, 0.2) is 0 Å². The van der Waals surface area contributed by atoms with E-state index in [1.165, 1.54) is 11.4 Å². The largest absolute Gasteiger partial charge is 0.425 e. The molecule has 0 aromatic carbocycles. The van der Waals surface area contributed by atoms with E-state index >= 15 is 0 Å². The van der Waals surface area contributed by atoms with Crippen molar-refractivity contribution in [1.29, 1.82) is 0 Å². The van der Waals surface area contributed by atoms with Gasteiger partial charge in [-0.3, -0.25) is 0 Å². The van der Waals surface area contributed by atoms with E-state index in [4.69, 9.17) is 6.15 Å². The van der Waals surface area contributed by atoms with Gasteiger partial charge in [0, 0.05) is 10.9 Å². The Labute approximate surface area is 115 Å². The van der Waals surface area contributed by atoms with E-state index < -0.39 is 16.7 Å². The maximum atomic E-state index is 12.9. The predicted molar refractivity (Wildman–Crippen MR) is 67.4 cm³/mol. The third-order valence-electron chi connectivity index (χ3n) is 3.83. The fraction of sp³-hybridized carbons (Fsp3) is 0.692.